The molecular formula is C23H27N5O3S. The van der Waals surface area contributed by atoms with Crippen LogP contribution >= 0.6 is 12.2 Å². The van der Waals surface area contributed by atoms with E-state index in [1.54, 1.807) is 23.5 Å². The molecule has 0 N–H and O–H groups in total. The maximum atomic E-state index is 13.1. The molecule has 0 amide bonds. The first-order chi connectivity index (χ1) is 15.5. The first kappa shape index (κ1) is 22.0. The molecule has 4 rings (SSSR count). The molecule has 32 heavy (non-hydrogen) atoms. The van der Waals surface area contributed by atoms with Crippen molar-refractivity contribution < 1.29 is 9.47 Å². The summed E-state index contributed by atoms with van der Waals surface area (Å²) in [7, 11) is 5.25. The molecular weight excluding hydrogens is 426 g/mol. The van der Waals surface area contributed by atoms with Gasteiger partial charge in [0.05, 0.1) is 31.8 Å². The number of hydrogen-bond acceptors (Lipinski definition) is 6. The summed E-state index contributed by atoms with van der Waals surface area (Å²) in [5.41, 5.74) is 1.81. The highest BCUT2D eigenvalue weighted by atomic mass is 32.1. The van der Waals surface area contributed by atoms with Crippen LogP contribution in [0, 0.1) is 4.77 Å². The maximum absolute atomic E-state index is 13.1. The highest BCUT2D eigenvalue weighted by Crippen LogP contribution is 2.28. The van der Waals surface area contributed by atoms with Crippen molar-refractivity contribution in [3.63, 3.8) is 0 Å². The first-order valence-corrected chi connectivity index (χ1v) is 10.9. The van der Waals surface area contributed by atoms with Gasteiger partial charge in [-0.25, -0.2) is 4.68 Å². The maximum Gasteiger partial charge on any atom is 0.262 e. The number of methoxy groups -OCH3 is 2. The van der Waals surface area contributed by atoms with E-state index >= 15 is 0 Å². The third-order valence-electron chi connectivity index (χ3n) is 5.41. The van der Waals surface area contributed by atoms with Crippen molar-refractivity contribution in [1.82, 2.24) is 23.6 Å². The quantitative estimate of drug-likeness (QED) is 0.379. The number of hydrogen-bond donors (Lipinski definition) is 0. The van der Waals surface area contributed by atoms with E-state index in [1.807, 2.05) is 60.8 Å². The fourth-order valence-electron chi connectivity index (χ4n) is 3.95. The highest BCUT2D eigenvalue weighted by molar-refractivity contribution is 7.71. The SMILES string of the molecule is CCCn1c(=O)c2ccccc2n2c(=S)n(CN(C)Cc3ccc(OC)c(OC)c3)nc12. The van der Waals surface area contributed by atoms with E-state index in [-0.39, 0.29) is 5.56 Å². The van der Waals surface area contributed by atoms with Crippen molar-refractivity contribution in [3.05, 3.63) is 63.2 Å². The lowest BCUT2D eigenvalue weighted by Crippen LogP contribution is -2.23. The average molecular weight is 454 g/mol. The van der Waals surface area contributed by atoms with Crippen molar-refractivity contribution in [2.24, 2.45) is 0 Å². The molecule has 2 heterocycles. The smallest absolute Gasteiger partial charge is 0.262 e. The van der Waals surface area contributed by atoms with Crippen LogP contribution in [-0.4, -0.2) is 44.9 Å². The summed E-state index contributed by atoms with van der Waals surface area (Å²) in [4.78, 5) is 15.2. The van der Waals surface area contributed by atoms with Gasteiger partial charge in [-0.2, -0.15) is 0 Å². The second kappa shape index (κ2) is 9.13. The molecule has 2 aromatic carbocycles. The monoisotopic (exact) mass is 453 g/mol. The Bertz CT molecular complexity index is 1390. The zero-order chi connectivity index (χ0) is 22.8. The molecule has 9 heteroatoms. The Labute approximate surface area is 191 Å². The zero-order valence-electron chi connectivity index (χ0n) is 18.7. The molecule has 168 valence electrons. The Morgan fingerprint density at radius 1 is 1.09 bits per heavy atom. The second-order valence-corrected chi connectivity index (χ2v) is 8.10. The number of ether oxygens (including phenoxy) is 2. The van der Waals surface area contributed by atoms with Crippen LogP contribution in [0.2, 0.25) is 0 Å². The first-order valence-electron chi connectivity index (χ1n) is 10.5. The van der Waals surface area contributed by atoms with Crippen molar-refractivity contribution in [3.8, 4) is 11.5 Å². The molecule has 0 radical (unpaired) electrons. The van der Waals surface area contributed by atoms with E-state index in [0.717, 1.165) is 17.5 Å². The van der Waals surface area contributed by atoms with Gasteiger partial charge in [0.2, 0.25) is 10.5 Å². The fraction of sp³-hybridized carbons (Fsp3) is 0.348. The molecule has 0 atom stereocenters. The van der Waals surface area contributed by atoms with Gasteiger partial charge in [-0.1, -0.05) is 25.1 Å². The average Bonchev–Trinajstić information content (AvgIpc) is 3.12. The van der Waals surface area contributed by atoms with Crippen molar-refractivity contribution in [1.29, 1.82) is 0 Å². The summed E-state index contributed by atoms with van der Waals surface area (Å²) >= 11 is 5.78. The Hall–Kier alpha value is -3.17. The Balaban J connectivity index is 1.72. The minimum absolute atomic E-state index is 0.0409. The Morgan fingerprint density at radius 2 is 1.84 bits per heavy atom. The third-order valence-corrected chi connectivity index (χ3v) is 5.80. The number of fused-ring (bicyclic) bond motifs is 3. The van der Waals surface area contributed by atoms with Crippen LogP contribution in [0.5, 0.6) is 11.5 Å². The predicted molar refractivity (Wildman–Crippen MR) is 127 cm³/mol. The number of aryl methyl sites for hydroxylation is 1. The summed E-state index contributed by atoms with van der Waals surface area (Å²) < 4.78 is 16.7. The van der Waals surface area contributed by atoms with E-state index < -0.39 is 0 Å². The molecule has 0 aliphatic carbocycles. The molecule has 0 saturated heterocycles. The van der Waals surface area contributed by atoms with E-state index in [0.29, 0.717) is 47.2 Å². The zero-order valence-corrected chi connectivity index (χ0v) is 19.6. The van der Waals surface area contributed by atoms with Crippen LogP contribution in [0.1, 0.15) is 18.9 Å². The van der Waals surface area contributed by atoms with Gasteiger partial charge >= 0.3 is 0 Å². The highest BCUT2D eigenvalue weighted by Gasteiger charge is 2.16. The van der Waals surface area contributed by atoms with Gasteiger partial charge in [0.1, 0.15) is 0 Å². The molecule has 0 bridgehead atoms. The number of aromatic nitrogens is 4. The summed E-state index contributed by atoms with van der Waals surface area (Å²) in [6.45, 7) is 3.77. The van der Waals surface area contributed by atoms with Crippen LogP contribution in [0.25, 0.3) is 16.7 Å². The lowest BCUT2D eigenvalue weighted by atomic mass is 10.2. The molecule has 0 unspecified atom stereocenters. The summed E-state index contributed by atoms with van der Waals surface area (Å²) in [6.07, 6.45) is 0.826. The van der Waals surface area contributed by atoms with E-state index in [9.17, 15) is 4.79 Å². The molecule has 2 aromatic heterocycles. The molecule has 4 aromatic rings. The fourth-order valence-corrected chi connectivity index (χ4v) is 4.23. The largest absolute Gasteiger partial charge is 0.493 e. The van der Waals surface area contributed by atoms with Crippen LogP contribution in [0.4, 0.5) is 0 Å². The van der Waals surface area contributed by atoms with Crippen LogP contribution < -0.4 is 15.0 Å². The Kier molecular flexibility index (Phi) is 6.29. The topological polar surface area (TPSA) is 65.9 Å². The summed E-state index contributed by atoms with van der Waals surface area (Å²) in [5, 5.41) is 5.38. The Morgan fingerprint density at radius 3 is 2.56 bits per heavy atom. The number of para-hydroxylation sites is 1. The van der Waals surface area contributed by atoms with Crippen LogP contribution in [0.15, 0.2) is 47.3 Å². The van der Waals surface area contributed by atoms with Gasteiger partial charge < -0.3 is 9.47 Å². The van der Waals surface area contributed by atoms with Gasteiger partial charge in [0, 0.05) is 13.1 Å². The molecule has 0 saturated carbocycles. The number of nitrogens with zero attached hydrogens (tertiary/aromatic N) is 5. The summed E-state index contributed by atoms with van der Waals surface area (Å²) in [5.74, 6) is 1.96. The molecule has 0 aliphatic heterocycles. The normalized spacial score (nSPS) is 11.5. The lowest BCUT2D eigenvalue weighted by molar-refractivity contribution is 0.244. The third kappa shape index (κ3) is 3.89. The second-order valence-electron chi connectivity index (χ2n) is 7.74. The van der Waals surface area contributed by atoms with Crippen molar-refractivity contribution >= 4 is 28.9 Å². The predicted octanol–water partition coefficient (Wildman–Crippen LogP) is 3.70. The van der Waals surface area contributed by atoms with E-state index in [4.69, 9.17) is 26.8 Å². The molecule has 0 spiro atoms. The van der Waals surface area contributed by atoms with Gasteiger partial charge in [0.15, 0.2) is 11.5 Å². The van der Waals surface area contributed by atoms with Gasteiger partial charge in [-0.15, -0.1) is 5.10 Å². The minimum Gasteiger partial charge on any atom is -0.493 e. The standard InChI is InChI=1S/C23H27N5O3S/c1-5-12-26-21(29)17-8-6-7-9-18(17)28-22(26)24-27(23(28)32)15-25(2)14-16-10-11-19(30-3)20(13-16)31-4/h6-11,13H,5,12,14-15H2,1-4H3. The molecule has 8 nitrogen and oxygen atoms in total. The van der Waals surface area contributed by atoms with E-state index in [1.165, 1.54) is 0 Å². The van der Waals surface area contributed by atoms with E-state index in [2.05, 4.69) is 4.90 Å². The lowest BCUT2D eigenvalue weighted by Gasteiger charge is -2.17. The number of benzene rings is 2. The van der Waals surface area contributed by atoms with Crippen LogP contribution in [0.3, 0.4) is 0 Å². The molecule has 0 aliphatic rings. The van der Waals surface area contributed by atoms with Crippen molar-refractivity contribution in [2.45, 2.75) is 33.1 Å². The molecule has 0 fully saturated rings. The van der Waals surface area contributed by atoms with Crippen molar-refractivity contribution in [2.75, 3.05) is 21.3 Å². The van der Waals surface area contributed by atoms with Gasteiger partial charge in [-0.3, -0.25) is 18.7 Å². The minimum atomic E-state index is -0.0409. The summed E-state index contributed by atoms with van der Waals surface area (Å²) in [6, 6.07) is 13.4. The van der Waals surface area contributed by atoms with Gasteiger partial charge in [-0.05, 0) is 55.5 Å². The van der Waals surface area contributed by atoms with Gasteiger partial charge in [0.25, 0.3) is 5.56 Å². The van der Waals surface area contributed by atoms with Crippen LogP contribution in [-0.2, 0) is 19.8 Å². The number of rotatable bonds is 8.